The predicted molar refractivity (Wildman–Crippen MR) is 56.9 cm³/mol. The molecular weight excluding hydrogens is 231 g/mol. The lowest BCUT2D eigenvalue weighted by Crippen LogP contribution is -2.01. The maximum Gasteiger partial charge on any atom is 0.223 e. The summed E-state index contributed by atoms with van der Waals surface area (Å²) in [5, 5.41) is 2.59. The van der Waals surface area contributed by atoms with Crippen LogP contribution < -0.4 is 5.32 Å². The number of hydrogen-bond acceptors (Lipinski definition) is 3. The fourth-order valence-corrected chi connectivity index (χ4v) is 1.36. The Labute approximate surface area is 95.3 Å². The van der Waals surface area contributed by atoms with Crippen molar-refractivity contribution in [3.63, 3.8) is 0 Å². The van der Waals surface area contributed by atoms with Crippen molar-refractivity contribution >= 4 is 5.95 Å². The van der Waals surface area contributed by atoms with Crippen molar-refractivity contribution in [2.24, 2.45) is 0 Å². The van der Waals surface area contributed by atoms with E-state index in [4.69, 9.17) is 0 Å². The van der Waals surface area contributed by atoms with Crippen molar-refractivity contribution in [3.8, 4) is 11.3 Å². The molecule has 0 amide bonds. The van der Waals surface area contributed by atoms with Crippen LogP contribution >= 0.6 is 0 Å². The van der Waals surface area contributed by atoms with Crippen LogP contribution in [0.4, 0.5) is 19.1 Å². The standard InChI is InChI=1S/C11H8F3N3/c1-15-11-16-5-9(14)10(17-11)7-4-6(12)2-3-8(7)13/h2-5H,1H3,(H,15,16,17). The Kier molecular flexibility index (Phi) is 2.95. The average molecular weight is 239 g/mol. The summed E-state index contributed by atoms with van der Waals surface area (Å²) in [6.45, 7) is 0. The summed E-state index contributed by atoms with van der Waals surface area (Å²) in [5.74, 6) is -2.09. The molecule has 1 N–H and O–H groups in total. The van der Waals surface area contributed by atoms with Crippen LogP contribution in [0.3, 0.4) is 0 Å². The maximum absolute atomic E-state index is 13.5. The molecular formula is C11H8F3N3. The van der Waals surface area contributed by atoms with Crippen molar-refractivity contribution in [2.45, 2.75) is 0 Å². The molecule has 0 aliphatic carbocycles. The van der Waals surface area contributed by atoms with Gasteiger partial charge < -0.3 is 5.32 Å². The van der Waals surface area contributed by atoms with E-state index in [2.05, 4.69) is 15.3 Å². The van der Waals surface area contributed by atoms with E-state index in [9.17, 15) is 13.2 Å². The van der Waals surface area contributed by atoms with E-state index in [-0.39, 0.29) is 17.2 Å². The third-order valence-electron chi connectivity index (χ3n) is 2.15. The van der Waals surface area contributed by atoms with Gasteiger partial charge in [-0.15, -0.1) is 0 Å². The SMILES string of the molecule is CNc1ncc(F)c(-c2cc(F)ccc2F)n1. The first-order chi connectivity index (χ1) is 8.11. The van der Waals surface area contributed by atoms with Gasteiger partial charge in [-0.25, -0.2) is 23.1 Å². The van der Waals surface area contributed by atoms with Crippen molar-refractivity contribution in [3.05, 3.63) is 41.8 Å². The fourth-order valence-electron chi connectivity index (χ4n) is 1.36. The zero-order chi connectivity index (χ0) is 12.4. The molecule has 1 aromatic carbocycles. The Morgan fingerprint density at radius 1 is 1.12 bits per heavy atom. The van der Waals surface area contributed by atoms with Crippen LogP contribution in [0.5, 0.6) is 0 Å². The Balaban J connectivity index is 2.62. The molecule has 0 atom stereocenters. The molecule has 0 radical (unpaired) electrons. The number of benzene rings is 1. The summed E-state index contributed by atoms with van der Waals surface area (Å²) in [6, 6.07) is 2.77. The number of nitrogens with one attached hydrogen (secondary N) is 1. The number of hydrogen-bond donors (Lipinski definition) is 1. The van der Waals surface area contributed by atoms with Crippen molar-refractivity contribution in [1.82, 2.24) is 9.97 Å². The first kappa shape index (κ1) is 11.4. The molecule has 3 nitrogen and oxygen atoms in total. The molecule has 17 heavy (non-hydrogen) atoms. The van der Waals surface area contributed by atoms with E-state index >= 15 is 0 Å². The lowest BCUT2D eigenvalue weighted by molar-refractivity contribution is 0.593. The van der Waals surface area contributed by atoms with Crippen molar-refractivity contribution in [1.29, 1.82) is 0 Å². The van der Waals surface area contributed by atoms with Gasteiger partial charge in [0.05, 0.1) is 6.20 Å². The average Bonchev–Trinajstić information content (AvgIpc) is 2.33. The number of rotatable bonds is 2. The van der Waals surface area contributed by atoms with Crippen LogP contribution in [0.1, 0.15) is 0 Å². The van der Waals surface area contributed by atoms with E-state index in [0.717, 1.165) is 24.4 Å². The topological polar surface area (TPSA) is 37.8 Å². The van der Waals surface area contributed by atoms with Gasteiger partial charge in [-0.05, 0) is 18.2 Å². The Morgan fingerprint density at radius 2 is 1.88 bits per heavy atom. The van der Waals surface area contributed by atoms with Crippen molar-refractivity contribution in [2.75, 3.05) is 12.4 Å². The van der Waals surface area contributed by atoms with Gasteiger partial charge in [0.25, 0.3) is 0 Å². The molecule has 1 aromatic heterocycles. The molecule has 0 fully saturated rings. The third kappa shape index (κ3) is 2.20. The molecule has 0 aliphatic rings. The Morgan fingerprint density at radius 3 is 2.59 bits per heavy atom. The Hall–Kier alpha value is -2.11. The smallest absolute Gasteiger partial charge is 0.223 e. The van der Waals surface area contributed by atoms with Gasteiger partial charge >= 0.3 is 0 Å². The fraction of sp³-hybridized carbons (Fsp3) is 0.0909. The van der Waals surface area contributed by atoms with Crippen LogP contribution in [0.25, 0.3) is 11.3 Å². The summed E-state index contributed by atoms with van der Waals surface area (Å²) in [6.07, 6.45) is 0.901. The summed E-state index contributed by atoms with van der Waals surface area (Å²) in [5.41, 5.74) is -0.511. The normalized spacial score (nSPS) is 10.4. The van der Waals surface area contributed by atoms with Gasteiger partial charge in [-0.3, -0.25) is 0 Å². The second kappa shape index (κ2) is 4.40. The molecule has 0 saturated carbocycles. The van der Waals surface area contributed by atoms with Gasteiger partial charge in [-0.1, -0.05) is 0 Å². The number of nitrogens with zero attached hydrogens (tertiary/aromatic N) is 2. The van der Waals surface area contributed by atoms with E-state index in [1.807, 2.05) is 0 Å². The molecule has 88 valence electrons. The highest BCUT2D eigenvalue weighted by Gasteiger charge is 2.14. The highest BCUT2D eigenvalue weighted by Crippen LogP contribution is 2.24. The van der Waals surface area contributed by atoms with E-state index in [1.165, 1.54) is 0 Å². The highest BCUT2D eigenvalue weighted by molar-refractivity contribution is 5.61. The predicted octanol–water partition coefficient (Wildman–Crippen LogP) is 2.60. The van der Waals surface area contributed by atoms with Crippen LogP contribution in [-0.4, -0.2) is 17.0 Å². The molecule has 1 heterocycles. The third-order valence-corrected chi connectivity index (χ3v) is 2.15. The second-order valence-corrected chi connectivity index (χ2v) is 3.26. The second-order valence-electron chi connectivity index (χ2n) is 3.26. The van der Waals surface area contributed by atoms with E-state index in [0.29, 0.717) is 0 Å². The van der Waals surface area contributed by atoms with E-state index < -0.39 is 17.5 Å². The first-order valence-electron chi connectivity index (χ1n) is 4.77. The molecule has 0 spiro atoms. The van der Waals surface area contributed by atoms with E-state index in [1.54, 1.807) is 7.05 Å². The number of anilines is 1. The summed E-state index contributed by atoms with van der Waals surface area (Å²) >= 11 is 0. The lowest BCUT2D eigenvalue weighted by Gasteiger charge is -2.06. The summed E-state index contributed by atoms with van der Waals surface area (Å²) in [7, 11) is 1.54. The van der Waals surface area contributed by atoms with Gasteiger partial charge in [0.15, 0.2) is 5.82 Å². The molecule has 0 aliphatic heterocycles. The number of halogens is 3. The van der Waals surface area contributed by atoms with Crippen molar-refractivity contribution < 1.29 is 13.2 Å². The largest absolute Gasteiger partial charge is 0.357 e. The minimum atomic E-state index is -0.812. The molecule has 0 saturated heterocycles. The minimum absolute atomic E-state index is 0.130. The summed E-state index contributed by atoms with van der Waals surface area (Å²) < 4.78 is 39.9. The zero-order valence-electron chi connectivity index (χ0n) is 8.84. The van der Waals surface area contributed by atoms with Gasteiger partial charge in [-0.2, -0.15) is 0 Å². The van der Waals surface area contributed by atoms with Crippen LogP contribution in [0, 0.1) is 17.5 Å². The highest BCUT2D eigenvalue weighted by atomic mass is 19.1. The van der Waals surface area contributed by atoms with Gasteiger partial charge in [0.1, 0.15) is 17.3 Å². The monoisotopic (exact) mass is 239 g/mol. The zero-order valence-corrected chi connectivity index (χ0v) is 8.84. The molecule has 0 unspecified atom stereocenters. The van der Waals surface area contributed by atoms with Crippen LogP contribution in [0.2, 0.25) is 0 Å². The van der Waals surface area contributed by atoms with Crippen LogP contribution in [-0.2, 0) is 0 Å². The lowest BCUT2D eigenvalue weighted by atomic mass is 10.1. The quantitative estimate of drug-likeness (QED) is 0.875. The number of aromatic nitrogens is 2. The van der Waals surface area contributed by atoms with Gasteiger partial charge in [0, 0.05) is 12.6 Å². The Bertz CT molecular complexity index is 558. The first-order valence-corrected chi connectivity index (χ1v) is 4.77. The maximum atomic E-state index is 13.5. The molecule has 2 rings (SSSR count). The summed E-state index contributed by atoms with van der Waals surface area (Å²) in [4.78, 5) is 7.38. The van der Waals surface area contributed by atoms with Crippen LogP contribution in [0.15, 0.2) is 24.4 Å². The minimum Gasteiger partial charge on any atom is -0.357 e. The van der Waals surface area contributed by atoms with Gasteiger partial charge in [0.2, 0.25) is 5.95 Å². The molecule has 0 bridgehead atoms. The molecule has 2 aromatic rings. The molecule has 6 heteroatoms.